The maximum Gasteiger partial charge on any atom is 0.231 e. The minimum Gasteiger partial charge on any atom is -0.324 e. The van der Waals surface area contributed by atoms with Gasteiger partial charge in [0.25, 0.3) is 0 Å². The molecule has 1 saturated heterocycles. The van der Waals surface area contributed by atoms with Crippen LogP contribution in [0.5, 0.6) is 0 Å². The van der Waals surface area contributed by atoms with Gasteiger partial charge in [0, 0.05) is 12.7 Å². The summed E-state index contributed by atoms with van der Waals surface area (Å²) in [5.41, 5.74) is 1.56. The van der Waals surface area contributed by atoms with Crippen LogP contribution in [0.3, 0.4) is 0 Å². The molecule has 0 saturated carbocycles. The summed E-state index contributed by atoms with van der Waals surface area (Å²) >= 11 is 0. The summed E-state index contributed by atoms with van der Waals surface area (Å²) in [6.45, 7) is 5.62. The van der Waals surface area contributed by atoms with Crippen LogP contribution in [0, 0.1) is 12.3 Å². The van der Waals surface area contributed by atoms with Crippen LogP contribution in [-0.2, 0) is 4.79 Å². The third kappa shape index (κ3) is 3.57. The summed E-state index contributed by atoms with van der Waals surface area (Å²) in [5, 5.41) is 6.17. The standard InChI is InChI=1S/C12H17N3O.2ClH/c1-9-3-5-13-7-10(9)15-11(16)12(2)4-6-14-8-12;;/h3,5,7,14H,4,6,8H2,1-2H3,(H,15,16);2*1H. The Kier molecular flexibility index (Phi) is 6.60. The monoisotopic (exact) mass is 291 g/mol. The highest BCUT2D eigenvalue weighted by Crippen LogP contribution is 2.26. The Bertz CT molecular complexity index is 406. The normalized spacial score (nSPS) is 21.7. The van der Waals surface area contributed by atoms with E-state index in [1.807, 2.05) is 19.9 Å². The Morgan fingerprint density at radius 2 is 2.22 bits per heavy atom. The van der Waals surface area contributed by atoms with Crippen molar-refractivity contribution in [3.8, 4) is 0 Å². The molecule has 0 radical (unpaired) electrons. The van der Waals surface area contributed by atoms with Crippen molar-refractivity contribution in [2.75, 3.05) is 18.4 Å². The number of aryl methyl sites for hydroxylation is 1. The van der Waals surface area contributed by atoms with Crippen LogP contribution in [-0.4, -0.2) is 24.0 Å². The highest BCUT2D eigenvalue weighted by molar-refractivity contribution is 5.95. The van der Waals surface area contributed by atoms with E-state index in [2.05, 4.69) is 15.6 Å². The third-order valence-corrected chi connectivity index (χ3v) is 3.20. The zero-order valence-electron chi connectivity index (χ0n) is 10.5. The van der Waals surface area contributed by atoms with Gasteiger partial charge in [0.2, 0.25) is 5.91 Å². The Morgan fingerprint density at radius 1 is 1.50 bits per heavy atom. The number of hydrogen-bond donors (Lipinski definition) is 2. The second-order valence-electron chi connectivity index (χ2n) is 4.63. The summed E-state index contributed by atoms with van der Waals surface area (Å²) in [6, 6.07) is 1.89. The highest BCUT2D eigenvalue weighted by atomic mass is 35.5. The van der Waals surface area contributed by atoms with Gasteiger partial charge in [-0.25, -0.2) is 0 Å². The fourth-order valence-corrected chi connectivity index (χ4v) is 1.88. The molecule has 0 spiro atoms. The zero-order valence-corrected chi connectivity index (χ0v) is 12.2. The lowest BCUT2D eigenvalue weighted by atomic mass is 9.88. The van der Waals surface area contributed by atoms with Crippen molar-refractivity contribution in [2.24, 2.45) is 5.41 Å². The molecule has 2 rings (SSSR count). The Morgan fingerprint density at radius 3 is 2.78 bits per heavy atom. The minimum atomic E-state index is -0.289. The van der Waals surface area contributed by atoms with Gasteiger partial charge in [0.15, 0.2) is 0 Å². The van der Waals surface area contributed by atoms with Gasteiger partial charge in [-0.15, -0.1) is 24.8 Å². The smallest absolute Gasteiger partial charge is 0.231 e. The number of hydrogen-bond acceptors (Lipinski definition) is 3. The average Bonchev–Trinajstić information content (AvgIpc) is 2.70. The van der Waals surface area contributed by atoms with Crippen LogP contribution in [0.1, 0.15) is 18.9 Å². The van der Waals surface area contributed by atoms with Crippen LogP contribution in [0.4, 0.5) is 5.69 Å². The molecule has 6 heteroatoms. The van der Waals surface area contributed by atoms with Crippen molar-refractivity contribution < 1.29 is 4.79 Å². The van der Waals surface area contributed by atoms with Crippen molar-refractivity contribution in [1.29, 1.82) is 0 Å². The number of anilines is 1. The zero-order chi connectivity index (χ0) is 11.6. The van der Waals surface area contributed by atoms with E-state index in [-0.39, 0.29) is 36.1 Å². The van der Waals surface area contributed by atoms with Crippen molar-refractivity contribution >= 4 is 36.4 Å². The molecule has 1 aliphatic rings. The first-order valence-corrected chi connectivity index (χ1v) is 5.55. The molecule has 1 unspecified atom stereocenters. The molecule has 18 heavy (non-hydrogen) atoms. The summed E-state index contributed by atoms with van der Waals surface area (Å²) < 4.78 is 0. The summed E-state index contributed by atoms with van der Waals surface area (Å²) in [5.74, 6) is 0.0774. The van der Waals surface area contributed by atoms with Gasteiger partial charge in [-0.1, -0.05) is 0 Å². The molecule has 0 bridgehead atoms. The third-order valence-electron chi connectivity index (χ3n) is 3.20. The number of carbonyl (C=O) groups is 1. The summed E-state index contributed by atoms with van der Waals surface area (Å²) in [4.78, 5) is 16.1. The molecular formula is C12H19Cl2N3O. The first-order valence-electron chi connectivity index (χ1n) is 5.55. The van der Waals surface area contributed by atoms with E-state index in [1.165, 1.54) is 0 Å². The second-order valence-corrected chi connectivity index (χ2v) is 4.63. The number of carbonyl (C=O) groups excluding carboxylic acids is 1. The van der Waals surface area contributed by atoms with Crippen molar-refractivity contribution in [3.63, 3.8) is 0 Å². The predicted octanol–water partition coefficient (Wildman–Crippen LogP) is 2.17. The van der Waals surface area contributed by atoms with E-state index >= 15 is 0 Å². The van der Waals surface area contributed by atoms with Crippen molar-refractivity contribution in [1.82, 2.24) is 10.3 Å². The van der Waals surface area contributed by atoms with Gasteiger partial charge < -0.3 is 10.6 Å². The number of nitrogens with one attached hydrogen (secondary N) is 2. The average molecular weight is 292 g/mol. The molecule has 1 amide bonds. The van der Waals surface area contributed by atoms with E-state index in [9.17, 15) is 4.79 Å². The molecule has 1 aliphatic heterocycles. The van der Waals surface area contributed by atoms with Crippen LogP contribution in [0.2, 0.25) is 0 Å². The fourth-order valence-electron chi connectivity index (χ4n) is 1.88. The van der Waals surface area contributed by atoms with E-state index < -0.39 is 0 Å². The molecule has 1 atom stereocenters. The molecular weight excluding hydrogens is 273 g/mol. The largest absolute Gasteiger partial charge is 0.324 e. The Labute approximate surface area is 120 Å². The SMILES string of the molecule is Cc1ccncc1NC(=O)C1(C)CCNC1.Cl.Cl. The number of pyridine rings is 1. The molecule has 0 aliphatic carbocycles. The van der Waals surface area contributed by atoms with Gasteiger partial charge in [-0.05, 0) is 38.4 Å². The number of rotatable bonds is 2. The van der Waals surface area contributed by atoms with Crippen LogP contribution >= 0.6 is 24.8 Å². The lowest BCUT2D eigenvalue weighted by molar-refractivity contribution is -0.123. The molecule has 1 aromatic heterocycles. The van der Waals surface area contributed by atoms with E-state index in [0.29, 0.717) is 0 Å². The molecule has 1 fully saturated rings. The Balaban J connectivity index is 0.00000144. The van der Waals surface area contributed by atoms with Crippen LogP contribution < -0.4 is 10.6 Å². The number of nitrogens with zero attached hydrogens (tertiary/aromatic N) is 1. The van der Waals surface area contributed by atoms with Gasteiger partial charge in [0.05, 0.1) is 17.3 Å². The second kappa shape index (κ2) is 6.92. The van der Waals surface area contributed by atoms with E-state index in [0.717, 1.165) is 30.8 Å². The molecule has 2 N–H and O–H groups in total. The minimum absolute atomic E-state index is 0. The first kappa shape index (κ1) is 17.2. The molecule has 4 nitrogen and oxygen atoms in total. The van der Waals surface area contributed by atoms with Gasteiger partial charge in [0.1, 0.15) is 0 Å². The van der Waals surface area contributed by atoms with Gasteiger partial charge in [-0.3, -0.25) is 9.78 Å². The maximum absolute atomic E-state index is 12.1. The first-order chi connectivity index (χ1) is 7.62. The highest BCUT2D eigenvalue weighted by Gasteiger charge is 2.36. The Hall–Kier alpha value is -0.840. The van der Waals surface area contributed by atoms with E-state index in [4.69, 9.17) is 0 Å². The number of amides is 1. The van der Waals surface area contributed by atoms with Crippen LogP contribution in [0.15, 0.2) is 18.5 Å². The predicted molar refractivity (Wildman–Crippen MR) is 77.7 cm³/mol. The molecule has 0 aromatic carbocycles. The molecule has 1 aromatic rings. The number of aromatic nitrogens is 1. The molecule has 2 heterocycles. The fraction of sp³-hybridized carbons (Fsp3) is 0.500. The van der Waals surface area contributed by atoms with Gasteiger partial charge >= 0.3 is 0 Å². The van der Waals surface area contributed by atoms with Crippen LogP contribution in [0.25, 0.3) is 0 Å². The van der Waals surface area contributed by atoms with Crippen molar-refractivity contribution in [2.45, 2.75) is 20.3 Å². The lowest BCUT2D eigenvalue weighted by Crippen LogP contribution is -2.35. The van der Waals surface area contributed by atoms with E-state index in [1.54, 1.807) is 12.4 Å². The van der Waals surface area contributed by atoms with Gasteiger partial charge in [-0.2, -0.15) is 0 Å². The summed E-state index contributed by atoms with van der Waals surface area (Å²) in [6.07, 6.45) is 4.31. The lowest BCUT2D eigenvalue weighted by Gasteiger charge is -2.21. The van der Waals surface area contributed by atoms with Crippen molar-refractivity contribution in [3.05, 3.63) is 24.0 Å². The maximum atomic E-state index is 12.1. The molecule has 102 valence electrons. The summed E-state index contributed by atoms with van der Waals surface area (Å²) in [7, 11) is 0. The quantitative estimate of drug-likeness (QED) is 0.878. The topological polar surface area (TPSA) is 54.0 Å². The number of halogens is 2.